The van der Waals surface area contributed by atoms with E-state index in [1.807, 2.05) is 31.2 Å². The summed E-state index contributed by atoms with van der Waals surface area (Å²) < 4.78 is 10.7. The largest absolute Gasteiger partial charge is 0.320 e. The monoisotopic (exact) mass is 231 g/mol. The van der Waals surface area contributed by atoms with Crippen LogP contribution in [0.2, 0.25) is 0 Å². The Morgan fingerprint density at radius 1 is 1.29 bits per heavy atom. The highest BCUT2D eigenvalue weighted by Crippen LogP contribution is 2.36. The molecule has 1 amide bonds. The van der Waals surface area contributed by atoms with Crippen molar-refractivity contribution in [2.45, 2.75) is 19.5 Å². The summed E-state index contributed by atoms with van der Waals surface area (Å²) in [5.74, 6) is -0.0158. The van der Waals surface area contributed by atoms with E-state index in [0.29, 0.717) is 5.57 Å². The van der Waals surface area contributed by atoms with Crippen molar-refractivity contribution in [2.24, 2.45) is 0 Å². The predicted molar refractivity (Wildman–Crippen MR) is 63.2 cm³/mol. The van der Waals surface area contributed by atoms with Crippen molar-refractivity contribution in [2.75, 3.05) is 11.9 Å². The minimum absolute atomic E-state index is 0.0158. The molecule has 1 saturated heterocycles. The molecule has 0 radical (unpaired) electrons. The van der Waals surface area contributed by atoms with E-state index in [1.54, 1.807) is 18.0 Å². The summed E-state index contributed by atoms with van der Waals surface area (Å²) in [6.45, 7) is 1.82. The van der Waals surface area contributed by atoms with Gasteiger partial charge in [0.15, 0.2) is 12.6 Å². The van der Waals surface area contributed by atoms with Gasteiger partial charge in [0.2, 0.25) is 0 Å². The highest BCUT2D eigenvalue weighted by atomic mass is 16.9. The molecule has 3 rings (SSSR count). The molecule has 17 heavy (non-hydrogen) atoms. The fourth-order valence-electron chi connectivity index (χ4n) is 2.16. The van der Waals surface area contributed by atoms with E-state index in [4.69, 9.17) is 9.47 Å². The first-order chi connectivity index (χ1) is 8.16. The Bertz CT molecular complexity index is 503. The second kappa shape index (κ2) is 3.68. The molecule has 1 aromatic rings. The molecule has 0 bridgehead atoms. The predicted octanol–water partition coefficient (Wildman–Crippen LogP) is 1.77. The van der Waals surface area contributed by atoms with Crippen LogP contribution in [-0.2, 0) is 14.3 Å². The number of carbonyl (C=O) groups excluding carboxylic acids is 1. The Hall–Kier alpha value is -1.65. The van der Waals surface area contributed by atoms with Gasteiger partial charge >= 0.3 is 0 Å². The van der Waals surface area contributed by atoms with Gasteiger partial charge in [-0.05, 0) is 19.1 Å². The summed E-state index contributed by atoms with van der Waals surface area (Å²) in [6, 6.07) is 7.71. The first kappa shape index (κ1) is 10.5. The molecule has 0 unspecified atom stereocenters. The summed E-state index contributed by atoms with van der Waals surface area (Å²) in [7, 11) is 1.77. The number of benzene rings is 1. The van der Waals surface area contributed by atoms with Crippen molar-refractivity contribution in [3.8, 4) is 0 Å². The van der Waals surface area contributed by atoms with Crippen molar-refractivity contribution in [1.82, 2.24) is 0 Å². The standard InChI is InChI=1S/C13H13NO3/c1-8-16-12(17-8)7-10-9-5-3-4-6-11(9)14(2)13(10)15/h3-8,12H,1-2H3/b10-7+. The van der Waals surface area contributed by atoms with E-state index in [1.165, 1.54) is 0 Å². The average Bonchev–Trinajstić information content (AvgIpc) is 2.53. The fraction of sp³-hybridized carbons (Fsp3) is 0.308. The molecule has 0 saturated carbocycles. The zero-order chi connectivity index (χ0) is 12.0. The van der Waals surface area contributed by atoms with Crippen molar-refractivity contribution in [3.63, 3.8) is 0 Å². The molecule has 0 aliphatic carbocycles. The first-order valence-electron chi connectivity index (χ1n) is 5.57. The molecule has 2 aliphatic rings. The van der Waals surface area contributed by atoms with Gasteiger partial charge in [0, 0.05) is 12.6 Å². The van der Waals surface area contributed by atoms with Gasteiger partial charge in [-0.1, -0.05) is 18.2 Å². The van der Waals surface area contributed by atoms with Gasteiger partial charge in [0.1, 0.15) is 0 Å². The normalized spacial score (nSPS) is 29.4. The maximum atomic E-state index is 12.1. The van der Waals surface area contributed by atoms with Crippen LogP contribution in [0.1, 0.15) is 12.5 Å². The van der Waals surface area contributed by atoms with Crippen molar-refractivity contribution < 1.29 is 14.3 Å². The van der Waals surface area contributed by atoms with Crippen LogP contribution in [0.25, 0.3) is 5.57 Å². The molecule has 0 N–H and O–H groups in total. The van der Waals surface area contributed by atoms with Gasteiger partial charge < -0.3 is 14.4 Å². The molecular weight excluding hydrogens is 218 g/mol. The first-order valence-corrected chi connectivity index (χ1v) is 5.57. The Morgan fingerprint density at radius 2 is 2.00 bits per heavy atom. The third-order valence-corrected chi connectivity index (χ3v) is 3.04. The van der Waals surface area contributed by atoms with Gasteiger partial charge in [0.05, 0.1) is 11.3 Å². The highest BCUT2D eigenvalue weighted by molar-refractivity contribution is 6.32. The third kappa shape index (κ3) is 1.57. The quantitative estimate of drug-likeness (QED) is 0.691. The molecule has 2 heterocycles. The van der Waals surface area contributed by atoms with E-state index < -0.39 is 6.29 Å². The van der Waals surface area contributed by atoms with Crippen LogP contribution in [0.15, 0.2) is 30.3 Å². The van der Waals surface area contributed by atoms with Crippen LogP contribution in [0.4, 0.5) is 5.69 Å². The lowest BCUT2D eigenvalue weighted by Gasteiger charge is -2.31. The lowest BCUT2D eigenvalue weighted by Crippen LogP contribution is -2.37. The SMILES string of the molecule is CC1OC(/C=C2/C(=O)N(C)c3ccccc32)O1. The Kier molecular flexibility index (Phi) is 2.28. The molecule has 88 valence electrons. The second-order valence-corrected chi connectivity index (χ2v) is 4.17. The smallest absolute Gasteiger partial charge is 0.258 e. The molecule has 0 aromatic heterocycles. The summed E-state index contributed by atoms with van der Waals surface area (Å²) in [6.07, 6.45) is 1.16. The maximum absolute atomic E-state index is 12.1. The lowest BCUT2D eigenvalue weighted by molar-refractivity contribution is -0.354. The van der Waals surface area contributed by atoms with E-state index >= 15 is 0 Å². The van der Waals surface area contributed by atoms with E-state index in [9.17, 15) is 4.79 Å². The molecule has 4 heteroatoms. The number of anilines is 1. The Morgan fingerprint density at radius 3 is 2.71 bits per heavy atom. The van der Waals surface area contributed by atoms with Crippen molar-refractivity contribution >= 4 is 17.2 Å². The fourth-order valence-corrected chi connectivity index (χ4v) is 2.16. The molecule has 4 nitrogen and oxygen atoms in total. The number of para-hydroxylation sites is 1. The molecule has 1 aromatic carbocycles. The number of hydrogen-bond acceptors (Lipinski definition) is 3. The molecule has 2 aliphatic heterocycles. The van der Waals surface area contributed by atoms with Gasteiger partial charge in [0.25, 0.3) is 5.91 Å². The average molecular weight is 231 g/mol. The topological polar surface area (TPSA) is 38.8 Å². The van der Waals surface area contributed by atoms with Gasteiger partial charge in [-0.15, -0.1) is 0 Å². The van der Waals surface area contributed by atoms with Gasteiger partial charge in [-0.3, -0.25) is 4.79 Å². The van der Waals surface area contributed by atoms with E-state index in [2.05, 4.69) is 0 Å². The summed E-state index contributed by atoms with van der Waals surface area (Å²) in [5.41, 5.74) is 2.52. The van der Waals surface area contributed by atoms with Crippen LogP contribution in [-0.4, -0.2) is 25.5 Å². The number of ether oxygens (including phenoxy) is 2. The van der Waals surface area contributed by atoms with Crippen molar-refractivity contribution in [1.29, 1.82) is 0 Å². The zero-order valence-corrected chi connectivity index (χ0v) is 9.71. The molecule has 0 atom stereocenters. The number of rotatable bonds is 1. The Balaban J connectivity index is 1.98. The minimum Gasteiger partial charge on any atom is -0.320 e. The second-order valence-electron chi connectivity index (χ2n) is 4.17. The van der Waals surface area contributed by atoms with Crippen LogP contribution in [0.5, 0.6) is 0 Å². The minimum atomic E-state index is -0.400. The van der Waals surface area contributed by atoms with Crippen LogP contribution in [0.3, 0.4) is 0 Å². The summed E-state index contributed by atoms with van der Waals surface area (Å²) >= 11 is 0. The lowest BCUT2D eigenvalue weighted by atomic mass is 10.1. The van der Waals surface area contributed by atoms with Crippen LogP contribution >= 0.6 is 0 Å². The maximum Gasteiger partial charge on any atom is 0.258 e. The molecule has 0 spiro atoms. The number of nitrogens with zero attached hydrogens (tertiary/aromatic N) is 1. The van der Waals surface area contributed by atoms with Crippen molar-refractivity contribution in [3.05, 3.63) is 35.9 Å². The van der Waals surface area contributed by atoms with E-state index in [0.717, 1.165) is 11.3 Å². The number of likely N-dealkylation sites (N-methyl/N-ethyl adjacent to an activating group) is 1. The summed E-state index contributed by atoms with van der Waals surface area (Å²) in [5, 5.41) is 0. The van der Waals surface area contributed by atoms with E-state index in [-0.39, 0.29) is 12.2 Å². The zero-order valence-electron chi connectivity index (χ0n) is 9.71. The number of amides is 1. The Labute approximate surface area is 99.4 Å². The molecular formula is C13H13NO3. The number of carbonyl (C=O) groups is 1. The van der Waals surface area contributed by atoms with Gasteiger partial charge in [-0.25, -0.2) is 0 Å². The summed E-state index contributed by atoms with van der Waals surface area (Å²) in [4.78, 5) is 13.7. The number of hydrogen-bond donors (Lipinski definition) is 0. The van der Waals surface area contributed by atoms with Crippen LogP contribution < -0.4 is 4.90 Å². The highest BCUT2D eigenvalue weighted by Gasteiger charge is 2.33. The molecule has 1 fully saturated rings. The third-order valence-electron chi connectivity index (χ3n) is 3.04. The van der Waals surface area contributed by atoms with Crippen LogP contribution in [0, 0.1) is 0 Å². The van der Waals surface area contributed by atoms with Gasteiger partial charge in [-0.2, -0.15) is 0 Å². The number of fused-ring (bicyclic) bond motifs is 1.